The number of hydrogen-bond donors (Lipinski definition) is 1. The molecule has 0 aliphatic rings. The lowest BCUT2D eigenvalue weighted by Crippen LogP contribution is -2.25. The van der Waals surface area contributed by atoms with Gasteiger partial charge in [0.1, 0.15) is 11.6 Å². The molecule has 1 N–H and O–H groups in total. The van der Waals surface area contributed by atoms with E-state index in [1.54, 1.807) is 18.2 Å². The molecule has 1 aromatic carbocycles. The number of halogens is 1. The molecule has 0 radical (unpaired) electrons. The summed E-state index contributed by atoms with van der Waals surface area (Å²) >= 11 is 0. The van der Waals surface area contributed by atoms with E-state index in [1.165, 1.54) is 6.07 Å². The molecular formula is C16H19FN2O2. The standard InChI is InChI=1S/C16H19FN2O2/c1-12-11-14(19-21-12)9-10-18-16(20)8-4-6-13-5-2-3-7-15(13)17/h2-3,5,7,11H,4,6,8-10H2,1H3,(H,18,20). The van der Waals surface area contributed by atoms with Gasteiger partial charge in [-0.05, 0) is 31.4 Å². The zero-order valence-corrected chi connectivity index (χ0v) is 12.1. The molecule has 21 heavy (non-hydrogen) atoms. The molecule has 4 nitrogen and oxygen atoms in total. The lowest BCUT2D eigenvalue weighted by atomic mass is 10.1. The van der Waals surface area contributed by atoms with Gasteiger partial charge in [0.15, 0.2) is 0 Å². The minimum Gasteiger partial charge on any atom is -0.361 e. The number of hydrogen-bond acceptors (Lipinski definition) is 3. The maximum Gasteiger partial charge on any atom is 0.220 e. The van der Waals surface area contributed by atoms with Crippen molar-refractivity contribution in [2.45, 2.75) is 32.6 Å². The zero-order valence-electron chi connectivity index (χ0n) is 12.1. The largest absolute Gasteiger partial charge is 0.361 e. The first-order valence-corrected chi connectivity index (χ1v) is 7.07. The molecule has 1 amide bonds. The van der Waals surface area contributed by atoms with E-state index in [2.05, 4.69) is 10.5 Å². The van der Waals surface area contributed by atoms with Crippen LogP contribution in [-0.2, 0) is 17.6 Å². The molecule has 2 rings (SSSR count). The maximum atomic E-state index is 13.4. The van der Waals surface area contributed by atoms with Gasteiger partial charge in [-0.15, -0.1) is 0 Å². The van der Waals surface area contributed by atoms with Crippen molar-refractivity contribution in [3.05, 3.63) is 53.2 Å². The van der Waals surface area contributed by atoms with Crippen LogP contribution in [0.2, 0.25) is 0 Å². The number of carbonyl (C=O) groups excluding carboxylic acids is 1. The van der Waals surface area contributed by atoms with Crippen molar-refractivity contribution in [1.82, 2.24) is 10.5 Å². The molecular weight excluding hydrogens is 271 g/mol. The summed E-state index contributed by atoms with van der Waals surface area (Å²) in [6.07, 6.45) is 2.25. The number of benzene rings is 1. The molecule has 1 aromatic heterocycles. The Morgan fingerprint density at radius 1 is 1.33 bits per heavy atom. The van der Waals surface area contributed by atoms with Crippen molar-refractivity contribution in [3.63, 3.8) is 0 Å². The van der Waals surface area contributed by atoms with E-state index in [0.717, 1.165) is 11.5 Å². The lowest BCUT2D eigenvalue weighted by molar-refractivity contribution is -0.121. The van der Waals surface area contributed by atoms with Crippen molar-refractivity contribution in [3.8, 4) is 0 Å². The van der Waals surface area contributed by atoms with Crippen molar-refractivity contribution >= 4 is 5.91 Å². The quantitative estimate of drug-likeness (QED) is 0.853. The third-order valence-corrected chi connectivity index (χ3v) is 3.19. The van der Waals surface area contributed by atoms with Crippen LogP contribution in [0.1, 0.15) is 29.9 Å². The Hall–Kier alpha value is -2.17. The van der Waals surface area contributed by atoms with Gasteiger partial charge in [0.2, 0.25) is 5.91 Å². The van der Waals surface area contributed by atoms with Crippen molar-refractivity contribution in [2.24, 2.45) is 0 Å². The number of nitrogens with zero attached hydrogens (tertiary/aromatic N) is 1. The highest BCUT2D eigenvalue weighted by molar-refractivity contribution is 5.75. The first kappa shape index (κ1) is 15.2. The molecule has 0 saturated carbocycles. The van der Waals surface area contributed by atoms with E-state index in [0.29, 0.717) is 37.8 Å². The predicted molar refractivity (Wildman–Crippen MR) is 77.3 cm³/mol. The second-order valence-electron chi connectivity index (χ2n) is 4.97. The van der Waals surface area contributed by atoms with Crippen molar-refractivity contribution < 1.29 is 13.7 Å². The van der Waals surface area contributed by atoms with Crippen LogP contribution in [0.3, 0.4) is 0 Å². The number of nitrogens with one attached hydrogen (secondary N) is 1. The molecule has 0 bridgehead atoms. The van der Waals surface area contributed by atoms with Gasteiger partial charge in [0.25, 0.3) is 0 Å². The monoisotopic (exact) mass is 290 g/mol. The molecule has 0 spiro atoms. The number of aryl methyl sites for hydroxylation is 2. The Kier molecular flexibility index (Phi) is 5.49. The van der Waals surface area contributed by atoms with Crippen LogP contribution in [0.25, 0.3) is 0 Å². The smallest absolute Gasteiger partial charge is 0.220 e. The minimum absolute atomic E-state index is 0.0217. The minimum atomic E-state index is -0.209. The first-order valence-electron chi connectivity index (χ1n) is 7.07. The van der Waals surface area contributed by atoms with Gasteiger partial charge in [-0.25, -0.2) is 4.39 Å². The second kappa shape index (κ2) is 7.57. The fourth-order valence-corrected chi connectivity index (χ4v) is 2.09. The van der Waals surface area contributed by atoms with Gasteiger partial charge >= 0.3 is 0 Å². The molecule has 0 aliphatic carbocycles. The lowest BCUT2D eigenvalue weighted by Gasteiger charge is -2.05. The highest BCUT2D eigenvalue weighted by atomic mass is 19.1. The van der Waals surface area contributed by atoms with Crippen LogP contribution in [-0.4, -0.2) is 17.6 Å². The first-order chi connectivity index (χ1) is 10.1. The molecule has 0 saturated heterocycles. The average molecular weight is 290 g/mol. The summed E-state index contributed by atoms with van der Waals surface area (Å²) in [6, 6.07) is 8.51. The summed E-state index contributed by atoms with van der Waals surface area (Å²) < 4.78 is 18.3. The summed E-state index contributed by atoms with van der Waals surface area (Å²) in [5, 5.41) is 6.68. The van der Waals surface area contributed by atoms with Gasteiger partial charge in [0.05, 0.1) is 5.69 Å². The summed E-state index contributed by atoms with van der Waals surface area (Å²) in [5.41, 5.74) is 1.49. The van der Waals surface area contributed by atoms with Crippen LogP contribution in [0.5, 0.6) is 0 Å². The molecule has 0 fully saturated rings. The topological polar surface area (TPSA) is 55.1 Å². The third-order valence-electron chi connectivity index (χ3n) is 3.19. The van der Waals surface area contributed by atoms with Gasteiger partial charge < -0.3 is 9.84 Å². The van der Waals surface area contributed by atoms with E-state index in [4.69, 9.17) is 4.52 Å². The predicted octanol–water partition coefficient (Wildman–Crippen LogP) is 2.80. The van der Waals surface area contributed by atoms with E-state index < -0.39 is 0 Å². The van der Waals surface area contributed by atoms with E-state index in [-0.39, 0.29) is 11.7 Å². The molecule has 0 atom stereocenters. The molecule has 2 aromatic rings. The molecule has 0 unspecified atom stereocenters. The fourth-order valence-electron chi connectivity index (χ4n) is 2.09. The average Bonchev–Trinajstić information content (AvgIpc) is 2.87. The maximum absolute atomic E-state index is 13.4. The summed E-state index contributed by atoms with van der Waals surface area (Å²) in [6.45, 7) is 2.36. The number of rotatable bonds is 7. The Morgan fingerprint density at radius 3 is 2.86 bits per heavy atom. The number of amides is 1. The third kappa shape index (κ3) is 5.02. The Bertz CT molecular complexity index is 595. The Balaban J connectivity index is 1.63. The van der Waals surface area contributed by atoms with E-state index >= 15 is 0 Å². The van der Waals surface area contributed by atoms with Crippen molar-refractivity contribution in [2.75, 3.05) is 6.54 Å². The van der Waals surface area contributed by atoms with Gasteiger partial charge in [-0.2, -0.15) is 0 Å². The van der Waals surface area contributed by atoms with E-state index in [1.807, 2.05) is 13.0 Å². The van der Waals surface area contributed by atoms with Crippen LogP contribution in [0.4, 0.5) is 4.39 Å². The normalized spacial score (nSPS) is 10.6. The van der Waals surface area contributed by atoms with Crippen LogP contribution in [0.15, 0.2) is 34.9 Å². The van der Waals surface area contributed by atoms with E-state index in [9.17, 15) is 9.18 Å². The van der Waals surface area contributed by atoms with Gasteiger partial charge in [-0.3, -0.25) is 4.79 Å². The Morgan fingerprint density at radius 2 is 2.14 bits per heavy atom. The van der Waals surface area contributed by atoms with Crippen LogP contribution >= 0.6 is 0 Å². The zero-order chi connectivity index (χ0) is 15.1. The number of carbonyl (C=O) groups is 1. The highest BCUT2D eigenvalue weighted by Gasteiger charge is 2.05. The molecule has 112 valence electrons. The molecule has 0 aliphatic heterocycles. The molecule has 1 heterocycles. The summed E-state index contributed by atoms with van der Waals surface area (Å²) in [4.78, 5) is 11.7. The van der Waals surface area contributed by atoms with Crippen LogP contribution in [0, 0.1) is 12.7 Å². The second-order valence-corrected chi connectivity index (χ2v) is 4.97. The summed E-state index contributed by atoms with van der Waals surface area (Å²) in [7, 11) is 0. The number of aromatic nitrogens is 1. The molecule has 5 heteroatoms. The highest BCUT2D eigenvalue weighted by Crippen LogP contribution is 2.10. The fraction of sp³-hybridized carbons (Fsp3) is 0.375. The van der Waals surface area contributed by atoms with Crippen LogP contribution < -0.4 is 5.32 Å². The SMILES string of the molecule is Cc1cc(CCNC(=O)CCCc2ccccc2F)no1. The van der Waals surface area contributed by atoms with Gasteiger partial charge in [-0.1, -0.05) is 23.4 Å². The Labute approximate surface area is 123 Å². The van der Waals surface area contributed by atoms with Crippen molar-refractivity contribution in [1.29, 1.82) is 0 Å². The summed E-state index contributed by atoms with van der Waals surface area (Å²) in [5.74, 6) is 0.534. The van der Waals surface area contributed by atoms with Gasteiger partial charge in [0, 0.05) is 25.5 Å².